The van der Waals surface area contributed by atoms with Crippen LogP contribution in [0.4, 0.5) is 11.6 Å². The highest BCUT2D eigenvalue weighted by Crippen LogP contribution is 2.40. The zero-order chi connectivity index (χ0) is 28.4. The van der Waals surface area contributed by atoms with E-state index in [4.69, 9.17) is 20.6 Å². The standard InChI is InChI=1S/C30H32N8O2/c1-32-16-22(15-31)18-6-8-19(9-7-18)28-26-24(36-38(28)4)13-11-21-17-33-30(35-27(21)26)34-23-12-10-20(14-25(23)40-5)29(39)37(2)3/h6-10,12,14-17H,11,13,31H2,1-5H3,(H,33,34,35)/b22-15+,32-16?. The Bertz CT molecular complexity index is 1630. The number of nitrogens with zero attached hydrogens (tertiary/aromatic N) is 6. The minimum absolute atomic E-state index is 0.103. The molecule has 4 aromatic rings. The normalized spacial score (nSPS) is 12.7. The molecule has 10 heteroatoms. The van der Waals surface area contributed by atoms with E-state index in [1.54, 1.807) is 58.9 Å². The summed E-state index contributed by atoms with van der Waals surface area (Å²) in [6.07, 6.45) is 6.78. The highest BCUT2D eigenvalue weighted by atomic mass is 16.5. The second-order valence-electron chi connectivity index (χ2n) is 9.69. The molecule has 2 heterocycles. The van der Waals surface area contributed by atoms with Crippen LogP contribution in [0.2, 0.25) is 0 Å². The van der Waals surface area contributed by atoms with Crippen LogP contribution < -0.4 is 15.8 Å². The highest BCUT2D eigenvalue weighted by Gasteiger charge is 2.27. The van der Waals surface area contributed by atoms with Crippen LogP contribution in [0.1, 0.15) is 27.2 Å². The summed E-state index contributed by atoms with van der Waals surface area (Å²) < 4.78 is 7.48. The first-order valence-corrected chi connectivity index (χ1v) is 12.9. The maximum atomic E-state index is 12.4. The predicted molar refractivity (Wildman–Crippen MR) is 158 cm³/mol. The van der Waals surface area contributed by atoms with Gasteiger partial charge in [0.25, 0.3) is 5.91 Å². The highest BCUT2D eigenvalue weighted by molar-refractivity contribution is 6.09. The molecule has 0 aliphatic heterocycles. The fraction of sp³-hybridized carbons (Fsp3) is 0.233. The summed E-state index contributed by atoms with van der Waals surface area (Å²) in [5, 5.41) is 8.11. The van der Waals surface area contributed by atoms with Gasteiger partial charge >= 0.3 is 0 Å². The van der Waals surface area contributed by atoms with Gasteiger partial charge in [0.2, 0.25) is 5.95 Å². The topological polar surface area (TPSA) is 124 Å². The number of hydrogen-bond acceptors (Lipinski definition) is 8. The van der Waals surface area contributed by atoms with Crippen molar-refractivity contribution >= 4 is 29.3 Å². The largest absolute Gasteiger partial charge is 0.495 e. The summed E-state index contributed by atoms with van der Waals surface area (Å²) >= 11 is 0. The first kappa shape index (κ1) is 26.6. The first-order valence-electron chi connectivity index (χ1n) is 12.9. The third kappa shape index (κ3) is 4.91. The van der Waals surface area contributed by atoms with Gasteiger partial charge in [0.1, 0.15) is 5.75 Å². The molecule has 1 aliphatic rings. The number of allylic oxidation sites excluding steroid dienone is 1. The molecule has 0 radical (unpaired) electrons. The Hall–Kier alpha value is -4.99. The van der Waals surface area contributed by atoms with E-state index in [9.17, 15) is 4.79 Å². The van der Waals surface area contributed by atoms with Crippen molar-refractivity contribution in [3.63, 3.8) is 0 Å². The Morgan fingerprint density at radius 3 is 2.58 bits per heavy atom. The van der Waals surface area contributed by atoms with E-state index in [0.29, 0.717) is 22.9 Å². The van der Waals surface area contributed by atoms with E-state index in [-0.39, 0.29) is 5.91 Å². The zero-order valence-corrected chi connectivity index (χ0v) is 23.3. The van der Waals surface area contributed by atoms with Gasteiger partial charge in [-0.2, -0.15) is 5.10 Å². The number of aliphatic imine (C=N–C) groups is 1. The van der Waals surface area contributed by atoms with Gasteiger partial charge in [-0.15, -0.1) is 0 Å². The average Bonchev–Trinajstić information content (AvgIpc) is 3.32. The number of fused-ring (bicyclic) bond motifs is 3. The fourth-order valence-electron chi connectivity index (χ4n) is 4.93. The molecule has 40 heavy (non-hydrogen) atoms. The van der Waals surface area contributed by atoms with Gasteiger partial charge in [-0.25, -0.2) is 9.97 Å². The van der Waals surface area contributed by atoms with Crippen LogP contribution in [0.3, 0.4) is 0 Å². The quantitative estimate of drug-likeness (QED) is 0.341. The molecule has 0 saturated heterocycles. The molecule has 0 atom stereocenters. The van der Waals surface area contributed by atoms with E-state index in [0.717, 1.165) is 57.8 Å². The Balaban J connectivity index is 1.52. The Morgan fingerprint density at radius 1 is 1.15 bits per heavy atom. The number of hydrogen-bond donors (Lipinski definition) is 2. The molecule has 1 aliphatic carbocycles. The fourth-order valence-corrected chi connectivity index (χ4v) is 4.93. The second-order valence-corrected chi connectivity index (χ2v) is 9.69. The van der Waals surface area contributed by atoms with Gasteiger partial charge in [-0.05, 0) is 42.2 Å². The van der Waals surface area contributed by atoms with E-state index in [1.807, 2.05) is 30.1 Å². The van der Waals surface area contributed by atoms with Crippen molar-refractivity contribution < 1.29 is 9.53 Å². The van der Waals surface area contributed by atoms with Crippen molar-refractivity contribution in [2.75, 3.05) is 33.6 Å². The van der Waals surface area contributed by atoms with Crippen molar-refractivity contribution in [1.82, 2.24) is 24.6 Å². The molecular formula is C30H32N8O2. The molecule has 0 unspecified atom stereocenters. The van der Waals surface area contributed by atoms with Crippen LogP contribution in [-0.4, -0.2) is 65.0 Å². The van der Waals surface area contributed by atoms with Crippen LogP contribution in [0.25, 0.3) is 28.1 Å². The SMILES string of the molecule is CN=C/C(=C\N)c1ccc(-c2c3c(nn2C)CCc2cnc(Nc4ccc(C(=O)N(C)C)cc4OC)nc2-3)cc1. The number of amides is 1. The van der Waals surface area contributed by atoms with Crippen LogP contribution in [0.15, 0.2) is 59.9 Å². The lowest BCUT2D eigenvalue weighted by Gasteiger charge is -2.18. The van der Waals surface area contributed by atoms with E-state index >= 15 is 0 Å². The minimum Gasteiger partial charge on any atom is -0.495 e. The molecule has 5 rings (SSSR count). The number of nitrogens with two attached hydrogens (primary N) is 1. The molecule has 10 nitrogen and oxygen atoms in total. The van der Waals surface area contributed by atoms with E-state index in [2.05, 4.69) is 27.4 Å². The van der Waals surface area contributed by atoms with Crippen LogP contribution >= 0.6 is 0 Å². The Kier molecular flexibility index (Phi) is 7.33. The molecule has 2 aromatic heterocycles. The molecule has 2 aromatic carbocycles. The van der Waals surface area contributed by atoms with Gasteiger partial charge in [0.15, 0.2) is 0 Å². The molecule has 0 spiro atoms. The van der Waals surface area contributed by atoms with Gasteiger partial charge in [0.05, 0.1) is 29.9 Å². The lowest BCUT2D eigenvalue weighted by molar-refractivity contribution is 0.0827. The number of benzene rings is 2. The Labute approximate surface area is 233 Å². The van der Waals surface area contributed by atoms with Gasteiger partial charge in [-0.3, -0.25) is 14.5 Å². The number of nitrogens with one attached hydrogen (secondary N) is 1. The third-order valence-corrected chi connectivity index (χ3v) is 6.89. The molecule has 204 valence electrons. The lowest BCUT2D eigenvalue weighted by atomic mass is 9.91. The molecule has 0 bridgehead atoms. The van der Waals surface area contributed by atoms with Crippen LogP contribution in [0.5, 0.6) is 5.75 Å². The summed E-state index contributed by atoms with van der Waals surface area (Å²) in [6.45, 7) is 0. The summed E-state index contributed by atoms with van der Waals surface area (Å²) in [7, 11) is 8.68. The molecular weight excluding hydrogens is 504 g/mol. The summed E-state index contributed by atoms with van der Waals surface area (Å²) in [5.41, 5.74) is 14.8. The number of aromatic nitrogens is 4. The molecule has 0 fully saturated rings. The van der Waals surface area contributed by atoms with Crippen molar-refractivity contribution in [3.8, 4) is 28.3 Å². The van der Waals surface area contributed by atoms with Crippen molar-refractivity contribution in [3.05, 3.63) is 77.2 Å². The van der Waals surface area contributed by atoms with E-state index in [1.165, 1.54) is 4.90 Å². The third-order valence-electron chi connectivity index (χ3n) is 6.89. The number of carbonyl (C=O) groups excluding carboxylic acids is 1. The predicted octanol–water partition coefficient (Wildman–Crippen LogP) is 4.10. The number of rotatable bonds is 7. The van der Waals surface area contributed by atoms with Gasteiger partial charge in [-0.1, -0.05) is 24.3 Å². The average molecular weight is 537 g/mol. The van der Waals surface area contributed by atoms with Crippen molar-refractivity contribution in [2.45, 2.75) is 12.8 Å². The van der Waals surface area contributed by atoms with Crippen molar-refractivity contribution in [2.24, 2.45) is 17.8 Å². The number of anilines is 2. The lowest BCUT2D eigenvalue weighted by Crippen LogP contribution is -2.21. The van der Waals surface area contributed by atoms with Gasteiger partial charge < -0.3 is 20.7 Å². The van der Waals surface area contributed by atoms with Crippen LogP contribution in [0, 0.1) is 0 Å². The molecule has 0 saturated carbocycles. The Morgan fingerprint density at radius 2 is 1.90 bits per heavy atom. The minimum atomic E-state index is -0.103. The van der Waals surface area contributed by atoms with E-state index < -0.39 is 0 Å². The summed E-state index contributed by atoms with van der Waals surface area (Å²) in [4.78, 5) is 27.5. The second kappa shape index (κ2) is 11.0. The van der Waals surface area contributed by atoms with Gasteiger partial charge in [0, 0.05) is 69.1 Å². The number of ether oxygens (including phenoxy) is 1. The maximum Gasteiger partial charge on any atom is 0.253 e. The smallest absolute Gasteiger partial charge is 0.253 e. The maximum absolute atomic E-state index is 12.4. The number of carbonyl (C=O) groups is 1. The number of aryl methyl sites for hydroxylation is 3. The van der Waals surface area contributed by atoms with Crippen LogP contribution in [-0.2, 0) is 19.9 Å². The molecule has 3 N–H and O–H groups in total. The monoisotopic (exact) mass is 536 g/mol. The summed E-state index contributed by atoms with van der Waals surface area (Å²) in [6, 6.07) is 13.5. The number of methoxy groups -OCH3 is 1. The van der Waals surface area contributed by atoms with Crippen molar-refractivity contribution in [1.29, 1.82) is 0 Å². The zero-order valence-electron chi connectivity index (χ0n) is 23.3. The first-order chi connectivity index (χ1) is 19.3. The molecule has 1 amide bonds. The summed E-state index contributed by atoms with van der Waals surface area (Å²) in [5.74, 6) is 0.850.